The van der Waals surface area contributed by atoms with Crippen LogP contribution < -0.4 is 0 Å². The van der Waals surface area contributed by atoms with Gasteiger partial charge in [0.1, 0.15) is 6.10 Å². The zero-order chi connectivity index (χ0) is 13.9. The van der Waals surface area contributed by atoms with Crippen molar-refractivity contribution in [3.05, 3.63) is 35.9 Å². The second kappa shape index (κ2) is 5.26. The molecule has 0 bridgehead atoms. The molecular formula is C15H15F3O. The van der Waals surface area contributed by atoms with Gasteiger partial charge in [-0.1, -0.05) is 49.8 Å². The lowest BCUT2D eigenvalue weighted by molar-refractivity contribution is -0.167. The molecule has 1 aliphatic rings. The van der Waals surface area contributed by atoms with Gasteiger partial charge in [0, 0.05) is 5.56 Å². The SMILES string of the molecule is CCCC[C@H]1O[C@]1(C#Cc1ccccc1)C(F)(F)F. The Hall–Kier alpha value is -1.47. The quantitative estimate of drug-likeness (QED) is 0.597. The highest BCUT2D eigenvalue weighted by Gasteiger charge is 2.72. The summed E-state index contributed by atoms with van der Waals surface area (Å²) >= 11 is 0. The van der Waals surface area contributed by atoms with E-state index < -0.39 is 17.9 Å². The molecule has 1 nitrogen and oxygen atoms in total. The number of alkyl halides is 3. The van der Waals surface area contributed by atoms with Crippen molar-refractivity contribution in [1.29, 1.82) is 0 Å². The van der Waals surface area contributed by atoms with Crippen molar-refractivity contribution in [2.75, 3.05) is 0 Å². The van der Waals surface area contributed by atoms with E-state index in [-0.39, 0.29) is 0 Å². The van der Waals surface area contributed by atoms with Crippen LogP contribution in [0.15, 0.2) is 30.3 Å². The van der Waals surface area contributed by atoms with Crippen LogP contribution in [0.5, 0.6) is 0 Å². The summed E-state index contributed by atoms with van der Waals surface area (Å²) in [5.74, 6) is 4.85. The van der Waals surface area contributed by atoms with E-state index >= 15 is 0 Å². The molecule has 0 radical (unpaired) electrons. The van der Waals surface area contributed by atoms with E-state index in [1.165, 1.54) is 0 Å². The van der Waals surface area contributed by atoms with Gasteiger partial charge in [-0.05, 0) is 18.6 Å². The molecule has 1 fully saturated rings. The number of ether oxygens (including phenoxy) is 1. The minimum atomic E-state index is -4.44. The molecule has 4 heteroatoms. The van der Waals surface area contributed by atoms with Gasteiger partial charge < -0.3 is 4.74 Å². The molecule has 2 atom stereocenters. The Morgan fingerprint density at radius 1 is 1.26 bits per heavy atom. The van der Waals surface area contributed by atoms with Crippen molar-refractivity contribution in [3.63, 3.8) is 0 Å². The van der Waals surface area contributed by atoms with Crippen LogP contribution in [0.1, 0.15) is 31.7 Å². The van der Waals surface area contributed by atoms with Crippen LogP contribution in [0.25, 0.3) is 0 Å². The second-order valence-electron chi connectivity index (χ2n) is 4.60. The highest BCUT2D eigenvalue weighted by molar-refractivity contribution is 5.40. The van der Waals surface area contributed by atoms with Crippen molar-refractivity contribution in [1.82, 2.24) is 0 Å². The predicted molar refractivity (Wildman–Crippen MR) is 66.5 cm³/mol. The number of rotatable bonds is 3. The Labute approximate surface area is 110 Å². The lowest BCUT2D eigenvalue weighted by Crippen LogP contribution is -2.33. The highest BCUT2D eigenvalue weighted by atomic mass is 19.4. The zero-order valence-corrected chi connectivity index (χ0v) is 10.6. The lowest BCUT2D eigenvalue weighted by Gasteiger charge is -2.10. The normalized spacial score (nSPS) is 25.6. The van der Waals surface area contributed by atoms with Gasteiger partial charge in [0.2, 0.25) is 0 Å². The smallest absolute Gasteiger partial charge is 0.344 e. The minimum Gasteiger partial charge on any atom is -0.344 e. The Morgan fingerprint density at radius 3 is 2.53 bits per heavy atom. The molecule has 1 saturated heterocycles. The molecule has 0 N–H and O–H groups in total. The zero-order valence-electron chi connectivity index (χ0n) is 10.6. The average molecular weight is 268 g/mol. The van der Waals surface area contributed by atoms with Crippen molar-refractivity contribution >= 4 is 0 Å². The topological polar surface area (TPSA) is 12.5 Å². The highest BCUT2D eigenvalue weighted by Crippen LogP contribution is 2.51. The predicted octanol–water partition coefficient (Wildman–Crippen LogP) is 3.93. The number of hydrogen-bond donors (Lipinski definition) is 0. The summed E-state index contributed by atoms with van der Waals surface area (Å²) in [6, 6.07) is 8.64. The van der Waals surface area contributed by atoms with Crippen LogP contribution in [-0.4, -0.2) is 17.9 Å². The first-order chi connectivity index (χ1) is 8.99. The van der Waals surface area contributed by atoms with Crippen LogP contribution in [0.3, 0.4) is 0 Å². The average Bonchev–Trinajstić information content (AvgIpc) is 3.10. The third-order valence-corrected chi connectivity index (χ3v) is 3.13. The summed E-state index contributed by atoms with van der Waals surface area (Å²) in [6.07, 6.45) is -3.29. The number of epoxide rings is 1. The van der Waals surface area contributed by atoms with Gasteiger partial charge in [0.05, 0.1) is 0 Å². The molecule has 1 aromatic rings. The summed E-state index contributed by atoms with van der Waals surface area (Å²) in [6.45, 7) is 1.94. The maximum absolute atomic E-state index is 13.0. The third-order valence-electron chi connectivity index (χ3n) is 3.13. The Kier molecular flexibility index (Phi) is 3.86. The van der Waals surface area contributed by atoms with Crippen molar-refractivity contribution in [3.8, 4) is 11.8 Å². The molecule has 19 heavy (non-hydrogen) atoms. The molecule has 0 aromatic heterocycles. The monoisotopic (exact) mass is 268 g/mol. The van der Waals surface area contributed by atoms with E-state index in [0.717, 1.165) is 12.8 Å². The van der Waals surface area contributed by atoms with Gasteiger partial charge in [0.15, 0.2) is 0 Å². The first kappa shape index (κ1) is 14.0. The molecule has 0 spiro atoms. The van der Waals surface area contributed by atoms with Crippen LogP contribution in [0.4, 0.5) is 13.2 Å². The fourth-order valence-corrected chi connectivity index (χ4v) is 1.96. The van der Waals surface area contributed by atoms with E-state index in [9.17, 15) is 13.2 Å². The van der Waals surface area contributed by atoms with Crippen molar-refractivity contribution in [2.24, 2.45) is 0 Å². The summed E-state index contributed by atoms with van der Waals surface area (Å²) in [4.78, 5) is 0. The summed E-state index contributed by atoms with van der Waals surface area (Å²) in [7, 11) is 0. The maximum atomic E-state index is 13.0. The number of unbranched alkanes of at least 4 members (excludes halogenated alkanes) is 1. The Morgan fingerprint density at radius 2 is 1.95 bits per heavy atom. The van der Waals surface area contributed by atoms with Gasteiger partial charge >= 0.3 is 6.18 Å². The number of benzene rings is 1. The maximum Gasteiger partial charge on any atom is 0.431 e. The molecule has 0 saturated carbocycles. The molecule has 1 aliphatic heterocycles. The molecule has 0 amide bonds. The van der Waals surface area contributed by atoms with Crippen LogP contribution in [-0.2, 0) is 4.74 Å². The van der Waals surface area contributed by atoms with Crippen LogP contribution in [0.2, 0.25) is 0 Å². The van der Waals surface area contributed by atoms with E-state index in [2.05, 4.69) is 11.8 Å². The summed E-state index contributed by atoms with van der Waals surface area (Å²) < 4.78 is 44.0. The lowest BCUT2D eigenvalue weighted by atomic mass is 10.0. The molecule has 0 aliphatic carbocycles. The largest absolute Gasteiger partial charge is 0.431 e. The first-order valence-corrected chi connectivity index (χ1v) is 6.32. The van der Waals surface area contributed by atoms with E-state index in [1.807, 2.05) is 6.92 Å². The number of halogens is 3. The van der Waals surface area contributed by atoms with E-state index in [0.29, 0.717) is 12.0 Å². The van der Waals surface area contributed by atoms with Gasteiger partial charge in [-0.25, -0.2) is 0 Å². The van der Waals surface area contributed by atoms with Gasteiger partial charge in [-0.15, -0.1) is 0 Å². The summed E-state index contributed by atoms with van der Waals surface area (Å²) in [5.41, 5.74) is -1.69. The second-order valence-corrected chi connectivity index (χ2v) is 4.60. The third kappa shape index (κ3) is 2.93. The molecule has 2 rings (SSSR count). The fraction of sp³-hybridized carbons (Fsp3) is 0.467. The standard InChI is InChI=1S/C15H15F3O/c1-2-3-9-13-14(19-13,15(16,17)18)11-10-12-7-5-4-6-8-12/h4-8,13H,2-3,9H2,1H3/t13-,14+/m1/s1. The molecule has 1 heterocycles. The van der Waals surface area contributed by atoms with E-state index in [1.54, 1.807) is 30.3 Å². The minimum absolute atomic E-state index is 0.402. The summed E-state index contributed by atoms with van der Waals surface area (Å²) in [5, 5.41) is 0. The Balaban J connectivity index is 2.17. The van der Waals surface area contributed by atoms with Gasteiger partial charge in [-0.3, -0.25) is 0 Å². The van der Waals surface area contributed by atoms with Crippen LogP contribution >= 0.6 is 0 Å². The molecule has 1 aromatic carbocycles. The van der Waals surface area contributed by atoms with Crippen molar-refractivity contribution in [2.45, 2.75) is 44.1 Å². The first-order valence-electron chi connectivity index (χ1n) is 6.32. The Bertz CT molecular complexity index is 484. The molecule has 0 unspecified atom stereocenters. The van der Waals surface area contributed by atoms with Gasteiger partial charge in [-0.2, -0.15) is 13.2 Å². The van der Waals surface area contributed by atoms with Gasteiger partial charge in [0.25, 0.3) is 5.60 Å². The van der Waals surface area contributed by atoms with Crippen LogP contribution in [0, 0.1) is 11.8 Å². The number of hydrogen-bond acceptors (Lipinski definition) is 1. The fourth-order valence-electron chi connectivity index (χ4n) is 1.96. The molecular weight excluding hydrogens is 253 g/mol. The van der Waals surface area contributed by atoms with Crippen molar-refractivity contribution < 1.29 is 17.9 Å². The molecule has 102 valence electrons. The van der Waals surface area contributed by atoms with E-state index in [4.69, 9.17) is 4.74 Å².